The summed E-state index contributed by atoms with van der Waals surface area (Å²) in [6.45, 7) is 25.8. The number of phenols is 1. The first-order valence-corrected chi connectivity index (χ1v) is 28.3. The SMILES string of the molecule is C=C(CC)N1CCN(c2cc(OCc3ccc(CN4CCOCC4)cc3)c3nc4c(oc3c2)c2c(O)c3c(=O)c(C)c5c(c34)C(=O)[C@@](C)(O/C=C/[C@H](OC)[C@@H](C)[C@@H](OC(C)=O)[C@H](C)[C@H](O)[C@H](C)[C@@H](O)[C@@H](C)/C=C/C=C(/C)C(=O)N2)O5)CC1. The highest BCUT2D eigenvalue weighted by molar-refractivity contribution is 6.26. The number of Topliss-reactive ketones (excluding diaryl/α,β-unsaturated/α-hetero) is 1. The number of carbonyl (C=O) groups is 3. The summed E-state index contributed by atoms with van der Waals surface area (Å²) in [5.41, 5.74) is 3.10. The zero-order valence-electron chi connectivity index (χ0n) is 48.6. The topological polar surface area (TPSA) is 232 Å². The number of aliphatic hydroxyl groups is 2. The molecule has 2 fully saturated rings. The Morgan fingerprint density at radius 3 is 2.27 bits per heavy atom. The van der Waals surface area contributed by atoms with Gasteiger partial charge in [-0.25, -0.2) is 4.98 Å². The summed E-state index contributed by atoms with van der Waals surface area (Å²) in [5, 5.41) is 38.2. The van der Waals surface area contributed by atoms with Crippen LogP contribution in [-0.4, -0.2) is 138 Å². The van der Waals surface area contributed by atoms with E-state index in [2.05, 4.69) is 45.7 Å². The molecule has 5 bridgehead atoms. The second kappa shape index (κ2) is 24.7. The average Bonchev–Trinajstić information content (AvgIpc) is 1.62. The Bertz CT molecular complexity index is 3410. The minimum Gasteiger partial charge on any atom is -0.505 e. The fourth-order valence-corrected chi connectivity index (χ4v) is 11.6. The quantitative estimate of drug-likeness (QED) is 0.0444. The standard InChI is InChI=1S/C63H77N5O14/c1-12-36(4)67-21-23-68(24-22-67)44-30-46(78-33-43-18-16-42(17-19-43)32-66-25-28-77-29-26-66)51-47(31-44)81-60-52(64-51)48-49-56(72)40(8)59-50(48)61(74)63(10,82-59)79-27-20-45(76-11)37(5)58(80-41(9)69)39(7)55(71)38(6)54(70)34(2)14-13-15-35(3)62(75)65-53(60)57(49)73/h13-20,27,30-31,34,37-39,45,54-55,58,70-71,73H,4,12,21-26,28-29,32-33H2,1-3,5-11H3,(H,65,75)/b14-13+,27-20+,35-15-/t34-,37+,38+,39+,45-,54-,55+,58+,63-/m0/s1. The molecule has 19 nitrogen and oxygen atoms in total. The Labute approximate surface area is 477 Å². The van der Waals surface area contributed by atoms with Gasteiger partial charge >= 0.3 is 11.8 Å². The summed E-state index contributed by atoms with van der Waals surface area (Å²) in [6.07, 6.45) is 4.41. The first kappa shape index (κ1) is 59.3. The molecule has 0 aliphatic carbocycles. The largest absolute Gasteiger partial charge is 0.505 e. The maximum atomic E-state index is 15.2. The molecule has 4 aliphatic heterocycles. The number of fused-ring (bicyclic) bond motifs is 5. The number of aliphatic hydroxyl groups excluding tert-OH is 2. The Kier molecular flexibility index (Phi) is 17.8. The van der Waals surface area contributed by atoms with E-state index in [1.54, 1.807) is 46.8 Å². The van der Waals surface area contributed by atoms with Crippen molar-refractivity contribution >= 4 is 62.0 Å². The van der Waals surface area contributed by atoms with Gasteiger partial charge in [0, 0.05) is 130 Å². The van der Waals surface area contributed by atoms with Crippen molar-refractivity contribution in [2.45, 2.75) is 112 Å². The van der Waals surface area contributed by atoms with E-state index < -0.39 is 82.7 Å². The Morgan fingerprint density at radius 2 is 1.60 bits per heavy atom. The van der Waals surface area contributed by atoms with Crippen molar-refractivity contribution in [3.8, 4) is 17.2 Å². The molecule has 0 unspecified atom stereocenters. The third-order valence-corrected chi connectivity index (χ3v) is 16.8. The fraction of sp³-hybridized carbons (Fsp3) is 0.476. The minimum absolute atomic E-state index is 0.0264. The lowest BCUT2D eigenvalue weighted by molar-refractivity contribution is -0.160. The highest BCUT2D eigenvalue weighted by atomic mass is 16.7. The van der Waals surface area contributed by atoms with Gasteiger partial charge in [0.2, 0.25) is 0 Å². The summed E-state index contributed by atoms with van der Waals surface area (Å²) in [5.74, 6) is -7.16. The highest BCUT2D eigenvalue weighted by Crippen LogP contribution is 2.49. The number of rotatable bonds is 10. The lowest BCUT2D eigenvalue weighted by Gasteiger charge is -2.38. The van der Waals surface area contributed by atoms with Gasteiger partial charge in [-0.2, -0.15) is 0 Å². The third-order valence-electron chi connectivity index (χ3n) is 16.8. The van der Waals surface area contributed by atoms with E-state index in [-0.39, 0.29) is 67.7 Å². The van der Waals surface area contributed by atoms with Crippen LogP contribution in [0.15, 0.2) is 94.0 Å². The van der Waals surface area contributed by atoms with Crippen molar-refractivity contribution in [2.24, 2.45) is 23.7 Å². The maximum Gasteiger partial charge on any atom is 0.312 e. The van der Waals surface area contributed by atoms with E-state index in [0.29, 0.717) is 32.1 Å². The van der Waals surface area contributed by atoms with Crippen molar-refractivity contribution < 1.29 is 62.5 Å². The number of anilines is 2. The van der Waals surface area contributed by atoms with Gasteiger partial charge in [-0.05, 0) is 37.5 Å². The van der Waals surface area contributed by atoms with Crippen LogP contribution in [0, 0.1) is 30.6 Å². The molecule has 9 rings (SSSR count). The van der Waals surface area contributed by atoms with Crippen molar-refractivity contribution in [1.82, 2.24) is 14.8 Å². The van der Waals surface area contributed by atoms with Crippen LogP contribution in [0.25, 0.3) is 33.0 Å². The van der Waals surface area contributed by atoms with Gasteiger partial charge in [0.1, 0.15) is 35.2 Å². The molecule has 4 aromatic carbocycles. The Balaban J connectivity index is 1.22. The smallest absolute Gasteiger partial charge is 0.312 e. The number of amides is 1. The van der Waals surface area contributed by atoms with E-state index in [9.17, 15) is 29.7 Å². The van der Waals surface area contributed by atoms with E-state index in [1.165, 1.54) is 46.3 Å². The van der Waals surface area contributed by atoms with Crippen molar-refractivity contribution in [3.63, 3.8) is 0 Å². The van der Waals surface area contributed by atoms with Gasteiger partial charge in [-0.15, -0.1) is 0 Å². The number of nitrogens with one attached hydrogen (secondary N) is 1. The molecule has 5 heterocycles. The van der Waals surface area contributed by atoms with Crippen LogP contribution in [0.2, 0.25) is 0 Å². The number of carbonyl (C=O) groups excluding carboxylic acids is 3. The molecule has 2 saturated heterocycles. The molecule has 19 heteroatoms. The molecule has 9 atom stereocenters. The molecular formula is C63H77N5O14. The summed E-state index contributed by atoms with van der Waals surface area (Å²) in [4.78, 5) is 69.1. The molecular weight excluding hydrogens is 1050 g/mol. The number of allylic oxidation sites excluding steroid dienone is 3. The summed E-state index contributed by atoms with van der Waals surface area (Å²) in [6, 6.07) is 11.9. The highest BCUT2D eigenvalue weighted by Gasteiger charge is 2.50. The molecule has 4 aliphatic rings. The summed E-state index contributed by atoms with van der Waals surface area (Å²) >= 11 is 0. The molecule has 438 valence electrons. The lowest BCUT2D eigenvalue weighted by Crippen LogP contribution is -2.46. The van der Waals surface area contributed by atoms with Crippen LogP contribution < -0.4 is 25.1 Å². The van der Waals surface area contributed by atoms with Crippen molar-refractivity contribution in [3.05, 3.63) is 117 Å². The number of ketones is 1. The zero-order valence-corrected chi connectivity index (χ0v) is 48.6. The second-order valence-electron chi connectivity index (χ2n) is 22.4. The molecule has 1 amide bonds. The van der Waals surface area contributed by atoms with Crippen LogP contribution in [0.5, 0.6) is 17.2 Å². The van der Waals surface area contributed by atoms with Gasteiger partial charge in [0.05, 0.1) is 48.7 Å². The number of phenolic OH excluding ortho intramolecular Hbond substituents is 1. The van der Waals surface area contributed by atoms with Gasteiger partial charge in [0.25, 0.3) is 11.7 Å². The van der Waals surface area contributed by atoms with Gasteiger partial charge < -0.3 is 63.3 Å². The van der Waals surface area contributed by atoms with Crippen LogP contribution in [0.3, 0.4) is 0 Å². The van der Waals surface area contributed by atoms with Crippen LogP contribution in [-0.2, 0) is 41.7 Å². The van der Waals surface area contributed by atoms with Crippen molar-refractivity contribution in [2.75, 3.05) is 69.8 Å². The zero-order chi connectivity index (χ0) is 58.9. The molecule has 0 radical (unpaired) electrons. The fourth-order valence-electron chi connectivity index (χ4n) is 11.6. The first-order chi connectivity index (χ1) is 39.1. The van der Waals surface area contributed by atoms with Crippen LogP contribution >= 0.6 is 0 Å². The normalized spacial score (nSPS) is 27.4. The van der Waals surface area contributed by atoms with E-state index >= 15 is 4.79 Å². The number of nitrogens with zero attached hydrogens (tertiary/aromatic N) is 4. The monoisotopic (exact) mass is 1130 g/mol. The number of benzene rings is 4. The van der Waals surface area contributed by atoms with Gasteiger partial charge in [-0.3, -0.25) is 24.1 Å². The van der Waals surface area contributed by atoms with E-state index in [0.717, 1.165) is 61.7 Å². The number of morpholine rings is 1. The minimum atomic E-state index is -2.10. The predicted molar refractivity (Wildman–Crippen MR) is 312 cm³/mol. The number of esters is 1. The number of piperazine rings is 1. The number of hydrogen-bond donors (Lipinski definition) is 4. The first-order valence-electron chi connectivity index (χ1n) is 28.3. The third kappa shape index (κ3) is 11.8. The summed E-state index contributed by atoms with van der Waals surface area (Å²) < 4.78 is 43.5. The molecule has 4 N–H and O–H groups in total. The molecule has 5 aromatic rings. The number of aromatic hydroxyl groups is 1. The van der Waals surface area contributed by atoms with Crippen molar-refractivity contribution in [1.29, 1.82) is 0 Å². The lowest BCUT2D eigenvalue weighted by atomic mass is 9.78. The number of hydrogen-bond acceptors (Lipinski definition) is 18. The average molecular weight is 1130 g/mol. The number of aromatic nitrogens is 1. The number of ether oxygens (including phenoxy) is 6. The van der Waals surface area contributed by atoms with Crippen LogP contribution in [0.1, 0.15) is 88.9 Å². The van der Waals surface area contributed by atoms with Gasteiger partial charge in [0.15, 0.2) is 28.1 Å². The second-order valence-corrected chi connectivity index (χ2v) is 22.4. The maximum absolute atomic E-state index is 15.2. The van der Waals surface area contributed by atoms with E-state index in [1.807, 2.05) is 24.3 Å². The Morgan fingerprint density at radius 1 is 0.902 bits per heavy atom. The predicted octanol–water partition coefficient (Wildman–Crippen LogP) is 8.45. The summed E-state index contributed by atoms with van der Waals surface area (Å²) in [7, 11) is 1.45. The molecule has 82 heavy (non-hydrogen) atoms. The van der Waals surface area contributed by atoms with Gasteiger partial charge in [-0.1, -0.05) is 83.7 Å². The van der Waals surface area contributed by atoms with Crippen LogP contribution in [0.4, 0.5) is 11.4 Å². The number of methoxy groups -OCH3 is 1. The molecule has 1 aromatic heterocycles. The Hall–Kier alpha value is -7.29. The van der Waals surface area contributed by atoms with E-state index in [4.69, 9.17) is 37.8 Å². The molecule has 0 saturated carbocycles. The molecule has 0 spiro atoms.